The molecule has 0 aliphatic carbocycles. The molecule has 3 heterocycles. The minimum Gasteiger partial charge on any atom is -0.493 e. The van der Waals surface area contributed by atoms with Crippen molar-refractivity contribution in [3.63, 3.8) is 0 Å². The van der Waals surface area contributed by atoms with Gasteiger partial charge in [0.25, 0.3) is 0 Å². The van der Waals surface area contributed by atoms with Crippen LogP contribution in [0.2, 0.25) is 0 Å². The number of rotatable bonds is 6. The van der Waals surface area contributed by atoms with Gasteiger partial charge in [0.1, 0.15) is 11.5 Å². The van der Waals surface area contributed by atoms with Crippen LogP contribution in [0.1, 0.15) is 38.1 Å². The first-order valence-electron chi connectivity index (χ1n) is 11.4. The molecule has 0 amide bonds. The summed E-state index contributed by atoms with van der Waals surface area (Å²) in [6.45, 7) is 8.33. The molecule has 2 aromatic heterocycles. The van der Waals surface area contributed by atoms with Crippen LogP contribution in [0.4, 0.5) is 5.69 Å². The lowest BCUT2D eigenvalue weighted by Gasteiger charge is -2.37. The Morgan fingerprint density at radius 3 is 2.42 bits per heavy atom. The van der Waals surface area contributed by atoms with Crippen LogP contribution in [0.25, 0.3) is 16.7 Å². The van der Waals surface area contributed by atoms with Crippen molar-refractivity contribution in [3.8, 4) is 17.2 Å². The molecule has 1 fully saturated rings. The third-order valence-electron chi connectivity index (χ3n) is 6.75. The molecule has 0 unspecified atom stereocenters. The summed E-state index contributed by atoms with van der Waals surface area (Å²) < 4.78 is 13.4. The number of anilines is 1. The summed E-state index contributed by atoms with van der Waals surface area (Å²) in [6.07, 6.45) is 5.51. The normalized spacial score (nSPS) is 18.3. The average molecular weight is 447 g/mol. The van der Waals surface area contributed by atoms with Crippen molar-refractivity contribution in [1.29, 1.82) is 0 Å². The summed E-state index contributed by atoms with van der Waals surface area (Å²) >= 11 is 0. The van der Waals surface area contributed by atoms with Gasteiger partial charge in [-0.15, -0.1) is 4.80 Å². The second kappa shape index (κ2) is 8.10. The quantitative estimate of drug-likeness (QED) is 0.435. The number of ether oxygens (including phenoxy) is 2. The molecule has 5 rings (SSSR count). The van der Waals surface area contributed by atoms with E-state index >= 15 is 0 Å². The van der Waals surface area contributed by atoms with Crippen molar-refractivity contribution in [1.82, 2.24) is 24.5 Å². The summed E-state index contributed by atoms with van der Waals surface area (Å²) in [5.74, 6) is 2.45. The van der Waals surface area contributed by atoms with E-state index < -0.39 is 0 Å². The average Bonchev–Trinajstić information content (AvgIpc) is 3.56. The largest absolute Gasteiger partial charge is 0.493 e. The zero-order chi connectivity index (χ0) is 23.2. The fraction of sp³-hybridized carbons (Fsp3) is 0.400. The highest BCUT2D eigenvalue weighted by Crippen LogP contribution is 2.45. The molecule has 0 spiro atoms. The molecule has 33 heavy (non-hydrogen) atoms. The molecular weight excluding hydrogens is 416 g/mol. The van der Waals surface area contributed by atoms with Crippen LogP contribution in [0, 0.1) is 6.92 Å². The Hall–Kier alpha value is -3.55. The molecule has 0 saturated carbocycles. The molecule has 0 N–H and O–H groups in total. The standard InChI is InChI=1S/C25H30N6O2/c1-6-29-20-16-23(33-5)22(32-4)15-18(20)28-24(29)25(3)10-7-13-30(25)21-14-17(2)8-9-19(21)31-26-11-12-27-31/h8-9,11-12,14-16H,6-7,10,13H2,1-5H3/t25-/m0/s1. The molecule has 4 aromatic rings. The van der Waals surface area contributed by atoms with Gasteiger partial charge in [-0.05, 0) is 51.3 Å². The smallest absolute Gasteiger partial charge is 0.163 e. The van der Waals surface area contributed by atoms with E-state index in [4.69, 9.17) is 14.5 Å². The van der Waals surface area contributed by atoms with Crippen molar-refractivity contribution < 1.29 is 9.47 Å². The van der Waals surface area contributed by atoms with Gasteiger partial charge in [-0.25, -0.2) is 4.98 Å². The Bertz CT molecular complexity index is 1300. The summed E-state index contributed by atoms with van der Waals surface area (Å²) in [5.41, 5.74) is 4.98. The first kappa shape index (κ1) is 21.3. The predicted molar refractivity (Wildman–Crippen MR) is 129 cm³/mol. The monoisotopic (exact) mass is 446 g/mol. The first-order valence-corrected chi connectivity index (χ1v) is 11.4. The highest BCUT2D eigenvalue weighted by Gasteiger charge is 2.43. The molecule has 0 bridgehead atoms. The van der Waals surface area contributed by atoms with Gasteiger partial charge in [0.15, 0.2) is 11.5 Å². The van der Waals surface area contributed by atoms with Crippen LogP contribution in [0.3, 0.4) is 0 Å². The number of nitrogens with zero attached hydrogens (tertiary/aromatic N) is 6. The zero-order valence-corrected chi connectivity index (χ0v) is 19.9. The second-order valence-corrected chi connectivity index (χ2v) is 8.72. The van der Waals surface area contributed by atoms with Gasteiger partial charge in [0.2, 0.25) is 0 Å². The molecule has 172 valence electrons. The maximum Gasteiger partial charge on any atom is 0.163 e. The van der Waals surface area contributed by atoms with E-state index in [9.17, 15) is 0 Å². The van der Waals surface area contributed by atoms with Gasteiger partial charge in [0.05, 0.1) is 48.9 Å². The van der Waals surface area contributed by atoms with Crippen LogP contribution >= 0.6 is 0 Å². The Balaban J connectivity index is 1.69. The van der Waals surface area contributed by atoms with Gasteiger partial charge in [-0.1, -0.05) is 6.07 Å². The summed E-state index contributed by atoms with van der Waals surface area (Å²) in [5, 5.41) is 8.81. The number of aryl methyl sites for hydroxylation is 2. The van der Waals surface area contributed by atoms with Crippen LogP contribution in [0.5, 0.6) is 11.5 Å². The van der Waals surface area contributed by atoms with Gasteiger partial charge in [-0.3, -0.25) is 0 Å². The number of imidazole rings is 1. The minimum absolute atomic E-state index is 0.287. The van der Waals surface area contributed by atoms with E-state index in [1.807, 2.05) is 12.1 Å². The minimum atomic E-state index is -0.287. The lowest BCUT2D eigenvalue weighted by atomic mass is 9.96. The lowest BCUT2D eigenvalue weighted by Crippen LogP contribution is -2.41. The Morgan fingerprint density at radius 2 is 1.73 bits per heavy atom. The fourth-order valence-corrected chi connectivity index (χ4v) is 5.12. The molecule has 1 aliphatic rings. The molecule has 2 aromatic carbocycles. The highest BCUT2D eigenvalue weighted by atomic mass is 16.5. The maximum absolute atomic E-state index is 5.57. The van der Waals surface area contributed by atoms with Crippen LogP contribution in [-0.4, -0.2) is 45.3 Å². The van der Waals surface area contributed by atoms with E-state index in [0.717, 1.165) is 54.2 Å². The van der Waals surface area contributed by atoms with Gasteiger partial charge >= 0.3 is 0 Å². The predicted octanol–water partition coefficient (Wildman–Crippen LogP) is 4.48. The highest BCUT2D eigenvalue weighted by molar-refractivity contribution is 5.81. The second-order valence-electron chi connectivity index (χ2n) is 8.72. The number of methoxy groups -OCH3 is 2. The van der Waals surface area contributed by atoms with E-state index in [-0.39, 0.29) is 5.54 Å². The SMILES string of the molecule is CCn1c([C@]2(C)CCCN2c2cc(C)ccc2-n2nccn2)nc2cc(OC)c(OC)cc21. The number of hydrogen-bond acceptors (Lipinski definition) is 6. The van der Waals surface area contributed by atoms with Gasteiger partial charge < -0.3 is 18.9 Å². The summed E-state index contributed by atoms with van der Waals surface area (Å²) in [7, 11) is 3.32. The van der Waals surface area contributed by atoms with E-state index in [0.29, 0.717) is 11.5 Å². The van der Waals surface area contributed by atoms with Gasteiger partial charge in [-0.2, -0.15) is 10.2 Å². The molecule has 8 heteroatoms. The molecule has 1 saturated heterocycles. The Kier molecular flexibility index (Phi) is 5.23. The Morgan fingerprint density at radius 1 is 1.00 bits per heavy atom. The number of fused-ring (bicyclic) bond motifs is 1. The first-order chi connectivity index (χ1) is 16.0. The third kappa shape index (κ3) is 3.32. The van der Waals surface area contributed by atoms with E-state index in [1.54, 1.807) is 31.4 Å². The Labute approximate surface area is 193 Å². The van der Waals surface area contributed by atoms with Crippen LogP contribution < -0.4 is 14.4 Å². The van der Waals surface area contributed by atoms with Crippen molar-refractivity contribution in [2.75, 3.05) is 25.7 Å². The van der Waals surface area contributed by atoms with Crippen LogP contribution in [-0.2, 0) is 12.1 Å². The third-order valence-corrected chi connectivity index (χ3v) is 6.75. The van der Waals surface area contributed by atoms with Crippen molar-refractivity contribution in [3.05, 3.63) is 54.1 Å². The molecule has 8 nitrogen and oxygen atoms in total. The van der Waals surface area contributed by atoms with Crippen molar-refractivity contribution in [2.24, 2.45) is 0 Å². The summed E-state index contributed by atoms with van der Waals surface area (Å²) in [4.78, 5) is 9.33. The maximum atomic E-state index is 5.57. The van der Waals surface area contributed by atoms with Gasteiger partial charge in [0, 0.05) is 25.2 Å². The number of hydrogen-bond donors (Lipinski definition) is 0. The summed E-state index contributed by atoms with van der Waals surface area (Å²) in [6, 6.07) is 10.4. The zero-order valence-electron chi connectivity index (χ0n) is 19.9. The number of aromatic nitrogens is 5. The molecule has 1 aliphatic heterocycles. The molecule has 0 radical (unpaired) electrons. The van der Waals surface area contributed by atoms with Crippen molar-refractivity contribution in [2.45, 2.75) is 45.7 Å². The van der Waals surface area contributed by atoms with E-state index in [2.05, 4.69) is 58.6 Å². The molecular formula is C25H30N6O2. The van der Waals surface area contributed by atoms with Crippen LogP contribution in [0.15, 0.2) is 42.7 Å². The fourth-order valence-electron chi connectivity index (χ4n) is 5.12. The number of benzene rings is 2. The topological polar surface area (TPSA) is 70.2 Å². The van der Waals surface area contributed by atoms with E-state index in [1.165, 1.54) is 5.56 Å². The molecule has 1 atom stereocenters. The lowest BCUT2D eigenvalue weighted by molar-refractivity contribution is 0.355. The van der Waals surface area contributed by atoms with Crippen molar-refractivity contribution >= 4 is 16.7 Å².